The van der Waals surface area contributed by atoms with Gasteiger partial charge in [-0.25, -0.2) is 8.42 Å². The number of benzene rings is 3. The Morgan fingerprint density at radius 2 is 1.57 bits per heavy atom. The third kappa shape index (κ3) is 8.60. The summed E-state index contributed by atoms with van der Waals surface area (Å²) < 4.78 is 39.5. The van der Waals surface area contributed by atoms with Crippen LogP contribution in [0.15, 0.2) is 77.7 Å². The summed E-state index contributed by atoms with van der Waals surface area (Å²) >= 11 is 5.98. The van der Waals surface area contributed by atoms with Gasteiger partial charge in [0.15, 0.2) is 11.5 Å². The predicted molar refractivity (Wildman–Crippen MR) is 163 cm³/mol. The minimum absolute atomic E-state index is 0.0317. The quantitative estimate of drug-likeness (QED) is 0.133. The molecule has 0 aliphatic carbocycles. The van der Waals surface area contributed by atoms with Crippen molar-refractivity contribution in [3.05, 3.63) is 89.0 Å². The fourth-order valence-electron chi connectivity index (χ4n) is 4.13. The van der Waals surface area contributed by atoms with Gasteiger partial charge in [0.25, 0.3) is 15.9 Å². The number of sulfonamides is 1. The third-order valence-electron chi connectivity index (χ3n) is 6.40. The number of unbranched alkanes of at least 4 members (excludes halogenated alkanes) is 4. The number of aryl methyl sites for hydroxylation is 1. The average Bonchev–Trinajstić information content (AvgIpc) is 2.96. The fourth-order valence-corrected chi connectivity index (χ4v) is 5.64. The number of methoxy groups -OCH3 is 1. The van der Waals surface area contributed by atoms with E-state index in [2.05, 4.69) is 13.8 Å². The van der Waals surface area contributed by atoms with Gasteiger partial charge >= 0.3 is 0 Å². The van der Waals surface area contributed by atoms with Crippen LogP contribution in [0.5, 0.6) is 11.5 Å². The lowest BCUT2D eigenvalue weighted by atomic mass is 10.1. The molecule has 0 atom stereocenters. The molecule has 3 aromatic rings. The second-order valence-corrected chi connectivity index (χ2v) is 11.7. The zero-order valence-electron chi connectivity index (χ0n) is 23.4. The van der Waals surface area contributed by atoms with Crippen molar-refractivity contribution in [3.8, 4) is 11.5 Å². The van der Waals surface area contributed by atoms with E-state index in [-0.39, 0.29) is 10.6 Å². The highest BCUT2D eigenvalue weighted by atomic mass is 35.5. The largest absolute Gasteiger partial charge is 0.493 e. The Bertz CT molecular complexity index is 1370. The maximum Gasteiger partial charge on any atom is 0.271 e. The summed E-state index contributed by atoms with van der Waals surface area (Å²) in [6.07, 6.45) is 10.2. The van der Waals surface area contributed by atoms with Gasteiger partial charge in [0.05, 0.1) is 24.3 Å². The van der Waals surface area contributed by atoms with E-state index in [0.717, 1.165) is 48.4 Å². The molecule has 1 amide bonds. The Kier molecular flexibility index (Phi) is 12.1. The Hall–Kier alpha value is -3.29. The van der Waals surface area contributed by atoms with E-state index in [9.17, 15) is 13.2 Å². The number of carbonyl (C=O) groups excluding carboxylic acids is 1. The Labute approximate surface area is 243 Å². The normalized spacial score (nSPS) is 11.5. The summed E-state index contributed by atoms with van der Waals surface area (Å²) in [4.78, 5) is 13.5. The van der Waals surface area contributed by atoms with E-state index < -0.39 is 15.9 Å². The molecular weight excluding hydrogens is 546 g/mol. The summed E-state index contributed by atoms with van der Waals surface area (Å²) in [6.45, 7) is 4.88. The molecule has 0 aliphatic rings. The van der Waals surface area contributed by atoms with Crippen molar-refractivity contribution in [2.45, 2.75) is 63.7 Å². The number of halogens is 1. The van der Waals surface area contributed by atoms with Gasteiger partial charge in [-0.1, -0.05) is 69.3 Å². The van der Waals surface area contributed by atoms with Crippen LogP contribution in [-0.4, -0.2) is 28.0 Å². The fraction of sp³-hybridized carbons (Fsp3) is 0.344. The molecular formula is C32H38ClNO5S. The zero-order chi connectivity index (χ0) is 29.0. The lowest BCUT2D eigenvalue weighted by molar-refractivity contribution is -0.113. The van der Waals surface area contributed by atoms with Gasteiger partial charge in [-0.3, -0.25) is 4.79 Å². The zero-order valence-corrected chi connectivity index (χ0v) is 25.0. The van der Waals surface area contributed by atoms with Crippen LogP contribution in [0.4, 0.5) is 5.69 Å². The number of hydrogen-bond acceptors (Lipinski definition) is 5. The Morgan fingerprint density at radius 1 is 0.875 bits per heavy atom. The maximum absolute atomic E-state index is 13.7. The van der Waals surface area contributed by atoms with Crippen LogP contribution in [0.1, 0.15) is 63.5 Å². The van der Waals surface area contributed by atoms with Gasteiger partial charge in [0.1, 0.15) is 0 Å². The SMILES string of the molecule is CCCCCCOc1ccc(/C=C/C(=O)N(c2ccc(CCCC)cc2)S(=O)(=O)c2ccc(Cl)cc2)cc1OC. The molecule has 3 rings (SSSR count). The van der Waals surface area contributed by atoms with Gasteiger partial charge in [-0.2, -0.15) is 4.31 Å². The van der Waals surface area contributed by atoms with Crippen molar-refractivity contribution in [2.24, 2.45) is 0 Å². The highest BCUT2D eigenvalue weighted by Gasteiger charge is 2.29. The van der Waals surface area contributed by atoms with Crippen LogP contribution < -0.4 is 13.8 Å². The Morgan fingerprint density at radius 3 is 2.23 bits per heavy atom. The topological polar surface area (TPSA) is 72.9 Å². The van der Waals surface area contributed by atoms with E-state index >= 15 is 0 Å². The molecule has 0 saturated carbocycles. The minimum Gasteiger partial charge on any atom is -0.493 e. The first kappa shape index (κ1) is 31.2. The lowest BCUT2D eigenvalue weighted by Crippen LogP contribution is -2.35. The van der Waals surface area contributed by atoms with Crippen LogP contribution in [0.3, 0.4) is 0 Å². The summed E-state index contributed by atoms with van der Waals surface area (Å²) in [5.74, 6) is 0.461. The van der Waals surface area contributed by atoms with Crippen molar-refractivity contribution < 1.29 is 22.7 Å². The van der Waals surface area contributed by atoms with E-state index in [1.54, 1.807) is 43.5 Å². The molecule has 0 heterocycles. The van der Waals surface area contributed by atoms with Crippen molar-refractivity contribution in [3.63, 3.8) is 0 Å². The number of rotatable bonds is 15. The molecule has 214 valence electrons. The number of hydrogen-bond donors (Lipinski definition) is 0. The molecule has 0 N–H and O–H groups in total. The molecule has 0 unspecified atom stereocenters. The highest BCUT2D eigenvalue weighted by Crippen LogP contribution is 2.30. The second-order valence-electron chi connectivity index (χ2n) is 9.48. The van der Waals surface area contributed by atoms with Gasteiger partial charge in [-0.05, 0) is 85.0 Å². The van der Waals surface area contributed by atoms with Gasteiger partial charge in [-0.15, -0.1) is 0 Å². The van der Waals surface area contributed by atoms with Crippen molar-refractivity contribution in [1.82, 2.24) is 0 Å². The minimum atomic E-state index is -4.21. The van der Waals surface area contributed by atoms with Gasteiger partial charge in [0.2, 0.25) is 0 Å². The van der Waals surface area contributed by atoms with Gasteiger partial charge in [0, 0.05) is 11.1 Å². The van der Waals surface area contributed by atoms with Crippen molar-refractivity contribution in [2.75, 3.05) is 18.0 Å². The van der Waals surface area contributed by atoms with E-state index in [4.69, 9.17) is 21.1 Å². The first-order valence-electron chi connectivity index (χ1n) is 13.7. The maximum atomic E-state index is 13.7. The average molecular weight is 584 g/mol. The first-order valence-corrected chi connectivity index (χ1v) is 15.5. The first-order chi connectivity index (χ1) is 19.3. The molecule has 0 fully saturated rings. The van der Waals surface area contributed by atoms with E-state index in [1.807, 2.05) is 12.1 Å². The monoisotopic (exact) mass is 583 g/mol. The summed E-state index contributed by atoms with van der Waals surface area (Å²) in [5, 5.41) is 0.402. The summed E-state index contributed by atoms with van der Waals surface area (Å²) in [7, 11) is -2.65. The molecule has 0 saturated heterocycles. The standard InChI is InChI=1S/C32H38ClNO5S/c1-4-6-8-9-23-39-30-21-13-26(24-31(30)38-3)14-22-32(35)34(28-17-11-25(12-18-28)10-7-5-2)40(36,37)29-19-15-27(33)16-20-29/h11-22,24H,4-10,23H2,1-3H3/b22-14+. The van der Waals surface area contributed by atoms with Crippen molar-refractivity contribution >= 4 is 39.3 Å². The van der Waals surface area contributed by atoms with Crippen molar-refractivity contribution in [1.29, 1.82) is 0 Å². The summed E-state index contributed by atoms with van der Waals surface area (Å²) in [5.41, 5.74) is 2.01. The predicted octanol–water partition coefficient (Wildman–Crippen LogP) is 8.09. The second kappa shape index (κ2) is 15.5. The molecule has 0 spiro atoms. The van der Waals surface area contributed by atoms with Crippen LogP contribution in [-0.2, 0) is 21.2 Å². The molecule has 3 aromatic carbocycles. The molecule has 8 heteroatoms. The molecule has 0 radical (unpaired) electrons. The van der Waals surface area contributed by atoms with Crippen LogP contribution in [0.2, 0.25) is 5.02 Å². The van der Waals surface area contributed by atoms with Crippen LogP contribution in [0.25, 0.3) is 6.08 Å². The number of ether oxygens (including phenoxy) is 2. The third-order valence-corrected chi connectivity index (χ3v) is 8.39. The van der Waals surface area contributed by atoms with E-state index in [1.165, 1.54) is 36.8 Å². The lowest BCUT2D eigenvalue weighted by Gasteiger charge is -2.22. The number of amides is 1. The highest BCUT2D eigenvalue weighted by molar-refractivity contribution is 7.93. The molecule has 6 nitrogen and oxygen atoms in total. The molecule has 0 bridgehead atoms. The molecule has 0 aliphatic heterocycles. The van der Waals surface area contributed by atoms with Crippen LogP contribution in [0, 0.1) is 0 Å². The number of carbonyl (C=O) groups is 1. The number of anilines is 1. The van der Waals surface area contributed by atoms with Gasteiger partial charge < -0.3 is 9.47 Å². The van der Waals surface area contributed by atoms with Crippen LogP contribution >= 0.6 is 11.6 Å². The molecule has 0 aromatic heterocycles. The van der Waals surface area contributed by atoms with E-state index in [0.29, 0.717) is 28.7 Å². The smallest absolute Gasteiger partial charge is 0.271 e. The number of nitrogens with zero attached hydrogens (tertiary/aromatic N) is 1. The Balaban J connectivity index is 1.87. The summed E-state index contributed by atoms with van der Waals surface area (Å²) in [6, 6.07) is 18.2. The molecule has 40 heavy (non-hydrogen) atoms.